The van der Waals surface area contributed by atoms with Crippen LogP contribution in [0.15, 0.2) is 67.0 Å². The van der Waals surface area contributed by atoms with E-state index in [4.69, 9.17) is 11.6 Å². The topological polar surface area (TPSA) is 74.3 Å². The molecule has 0 saturated heterocycles. The fraction of sp³-hybridized carbons (Fsp3) is 0.208. The molecule has 1 atom stereocenters. The first kappa shape index (κ1) is 20.9. The van der Waals surface area contributed by atoms with Crippen molar-refractivity contribution in [2.24, 2.45) is 0 Å². The van der Waals surface area contributed by atoms with Crippen LogP contribution in [0.3, 0.4) is 0 Å². The number of amides is 2. The number of nitrogens with zero attached hydrogens (tertiary/aromatic N) is 2. The molecule has 4 rings (SSSR count). The number of carbonyl (C=O) groups excluding carboxylic acids is 2. The number of para-hydroxylation sites is 1. The zero-order valence-electron chi connectivity index (χ0n) is 17.1. The van der Waals surface area contributed by atoms with Crippen LogP contribution in [0.2, 0.25) is 5.02 Å². The molecule has 31 heavy (non-hydrogen) atoms. The summed E-state index contributed by atoms with van der Waals surface area (Å²) in [6.45, 7) is 2.95. The second kappa shape index (κ2) is 9.18. The van der Waals surface area contributed by atoms with Gasteiger partial charge in [0, 0.05) is 41.9 Å². The van der Waals surface area contributed by atoms with E-state index in [0.717, 1.165) is 29.8 Å². The molecule has 0 bridgehead atoms. The molecule has 2 aromatic carbocycles. The molecule has 0 aliphatic carbocycles. The molecule has 2 heterocycles. The van der Waals surface area contributed by atoms with Gasteiger partial charge in [-0.05, 0) is 54.3 Å². The van der Waals surface area contributed by atoms with Crippen molar-refractivity contribution < 1.29 is 9.59 Å². The van der Waals surface area contributed by atoms with Gasteiger partial charge < -0.3 is 15.5 Å². The van der Waals surface area contributed by atoms with Gasteiger partial charge in [0.05, 0.1) is 6.04 Å². The van der Waals surface area contributed by atoms with Crippen LogP contribution in [0.25, 0.3) is 0 Å². The zero-order chi connectivity index (χ0) is 21.8. The molecule has 1 aliphatic heterocycles. The van der Waals surface area contributed by atoms with E-state index in [-0.39, 0.29) is 12.6 Å². The highest BCUT2D eigenvalue weighted by Crippen LogP contribution is 2.34. The maximum atomic E-state index is 12.5. The van der Waals surface area contributed by atoms with E-state index in [2.05, 4.69) is 32.7 Å². The van der Waals surface area contributed by atoms with Crippen LogP contribution in [0.4, 0.5) is 11.4 Å². The van der Waals surface area contributed by atoms with E-state index in [1.165, 1.54) is 5.56 Å². The van der Waals surface area contributed by atoms with Crippen molar-refractivity contribution >= 4 is 34.8 Å². The Morgan fingerprint density at radius 3 is 2.77 bits per heavy atom. The minimum Gasteiger partial charge on any atom is -0.362 e. The van der Waals surface area contributed by atoms with Gasteiger partial charge in [0.1, 0.15) is 0 Å². The number of halogens is 1. The Morgan fingerprint density at radius 1 is 1.13 bits per heavy atom. The number of nitrogens with one attached hydrogen (secondary N) is 2. The fourth-order valence-corrected chi connectivity index (χ4v) is 4.02. The summed E-state index contributed by atoms with van der Waals surface area (Å²) in [4.78, 5) is 31.5. The molecule has 1 aliphatic rings. The SMILES string of the molecule is Cc1ccc(Cl)cc1NC(=O)C(=O)NC[C@H](c1cccnc1)N1CCc2ccccc21. The van der Waals surface area contributed by atoms with Gasteiger partial charge in [0.25, 0.3) is 0 Å². The van der Waals surface area contributed by atoms with Gasteiger partial charge in [-0.25, -0.2) is 0 Å². The average Bonchev–Trinajstić information content (AvgIpc) is 3.21. The fourth-order valence-electron chi connectivity index (χ4n) is 3.85. The first-order chi connectivity index (χ1) is 15.0. The highest BCUT2D eigenvalue weighted by molar-refractivity contribution is 6.40. The van der Waals surface area contributed by atoms with Gasteiger partial charge in [0.2, 0.25) is 0 Å². The number of aromatic nitrogens is 1. The normalized spacial score (nSPS) is 13.4. The number of hydrogen-bond donors (Lipinski definition) is 2. The number of benzene rings is 2. The zero-order valence-corrected chi connectivity index (χ0v) is 17.9. The van der Waals surface area contributed by atoms with Crippen LogP contribution in [0.1, 0.15) is 22.7 Å². The van der Waals surface area contributed by atoms with E-state index >= 15 is 0 Å². The van der Waals surface area contributed by atoms with Gasteiger partial charge in [0.15, 0.2) is 0 Å². The van der Waals surface area contributed by atoms with Gasteiger partial charge in [-0.15, -0.1) is 0 Å². The summed E-state index contributed by atoms with van der Waals surface area (Å²) in [7, 11) is 0. The monoisotopic (exact) mass is 434 g/mol. The lowest BCUT2D eigenvalue weighted by molar-refractivity contribution is -0.136. The highest BCUT2D eigenvalue weighted by Gasteiger charge is 2.28. The molecule has 0 unspecified atom stereocenters. The molecule has 0 spiro atoms. The maximum Gasteiger partial charge on any atom is 0.313 e. The minimum absolute atomic E-state index is 0.137. The number of pyridine rings is 1. The predicted molar refractivity (Wildman–Crippen MR) is 122 cm³/mol. The number of carbonyl (C=O) groups is 2. The summed E-state index contributed by atoms with van der Waals surface area (Å²) < 4.78 is 0. The molecule has 3 aromatic rings. The van der Waals surface area contributed by atoms with Crippen LogP contribution in [-0.4, -0.2) is 29.9 Å². The van der Waals surface area contributed by atoms with Gasteiger partial charge >= 0.3 is 11.8 Å². The van der Waals surface area contributed by atoms with Crippen LogP contribution >= 0.6 is 11.6 Å². The summed E-state index contributed by atoms with van der Waals surface area (Å²) in [5.41, 5.74) is 4.74. The van der Waals surface area contributed by atoms with E-state index in [9.17, 15) is 9.59 Å². The molecule has 158 valence electrons. The quantitative estimate of drug-likeness (QED) is 0.597. The molecule has 0 saturated carbocycles. The van der Waals surface area contributed by atoms with Crippen molar-refractivity contribution in [1.29, 1.82) is 0 Å². The van der Waals surface area contributed by atoms with Gasteiger partial charge in [-0.3, -0.25) is 14.6 Å². The van der Waals surface area contributed by atoms with Crippen LogP contribution < -0.4 is 15.5 Å². The number of anilines is 2. The van der Waals surface area contributed by atoms with Gasteiger partial charge in [-0.1, -0.05) is 41.9 Å². The number of fused-ring (bicyclic) bond motifs is 1. The van der Waals surface area contributed by atoms with E-state index < -0.39 is 11.8 Å². The molecule has 0 radical (unpaired) electrons. The minimum atomic E-state index is -0.725. The van der Waals surface area contributed by atoms with Crippen LogP contribution in [-0.2, 0) is 16.0 Å². The average molecular weight is 435 g/mol. The Balaban J connectivity index is 1.48. The first-order valence-corrected chi connectivity index (χ1v) is 10.5. The van der Waals surface area contributed by atoms with Crippen molar-refractivity contribution in [3.63, 3.8) is 0 Å². The highest BCUT2D eigenvalue weighted by atomic mass is 35.5. The second-order valence-electron chi connectivity index (χ2n) is 7.50. The summed E-state index contributed by atoms with van der Waals surface area (Å²) >= 11 is 6.00. The Kier molecular flexibility index (Phi) is 6.18. The Hall–Kier alpha value is -3.38. The Bertz CT molecular complexity index is 1100. The lowest BCUT2D eigenvalue weighted by atomic mass is 10.1. The number of aryl methyl sites for hydroxylation is 1. The van der Waals surface area contributed by atoms with Crippen molar-refractivity contribution in [1.82, 2.24) is 10.3 Å². The number of rotatable bonds is 5. The summed E-state index contributed by atoms with van der Waals surface area (Å²) in [6.07, 6.45) is 4.46. The largest absolute Gasteiger partial charge is 0.362 e. The van der Waals surface area contributed by atoms with Crippen molar-refractivity contribution in [2.75, 3.05) is 23.3 Å². The van der Waals surface area contributed by atoms with E-state index in [1.807, 2.05) is 31.2 Å². The third kappa shape index (κ3) is 4.70. The molecule has 0 fully saturated rings. The predicted octanol–water partition coefficient (Wildman–Crippen LogP) is 3.90. The standard InChI is InChI=1S/C24H23ClN4O2/c1-16-8-9-19(25)13-20(16)28-24(31)23(30)27-15-22(18-6-4-11-26-14-18)29-12-10-17-5-2-3-7-21(17)29/h2-9,11,13-14,22H,10,12,15H2,1H3,(H,27,30)(H,28,31)/t22-/m1/s1. The molecular formula is C24H23ClN4O2. The summed E-state index contributed by atoms with van der Waals surface area (Å²) in [5.74, 6) is -1.42. The van der Waals surface area contributed by atoms with E-state index in [1.54, 1.807) is 30.6 Å². The van der Waals surface area contributed by atoms with Crippen molar-refractivity contribution in [3.05, 3.63) is 88.7 Å². The molecule has 1 aromatic heterocycles. The second-order valence-corrected chi connectivity index (χ2v) is 7.93. The Morgan fingerprint density at radius 2 is 1.97 bits per heavy atom. The van der Waals surface area contributed by atoms with Crippen molar-refractivity contribution in [2.45, 2.75) is 19.4 Å². The lowest BCUT2D eigenvalue weighted by Gasteiger charge is -2.30. The molecule has 2 N–H and O–H groups in total. The molecule has 7 heteroatoms. The molecule has 2 amide bonds. The third-order valence-electron chi connectivity index (χ3n) is 5.48. The smallest absolute Gasteiger partial charge is 0.313 e. The van der Waals surface area contributed by atoms with Crippen molar-refractivity contribution in [3.8, 4) is 0 Å². The summed E-state index contributed by atoms with van der Waals surface area (Å²) in [5, 5.41) is 5.92. The van der Waals surface area contributed by atoms with Crippen LogP contribution in [0, 0.1) is 6.92 Å². The third-order valence-corrected chi connectivity index (χ3v) is 5.71. The number of hydrogen-bond acceptors (Lipinski definition) is 4. The lowest BCUT2D eigenvalue weighted by Crippen LogP contribution is -2.42. The maximum absolute atomic E-state index is 12.5. The molecular weight excluding hydrogens is 412 g/mol. The van der Waals surface area contributed by atoms with E-state index in [0.29, 0.717) is 10.7 Å². The van der Waals surface area contributed by atoms with Crippen LogP contribution in [0.5, 0.6) is 0 Å². The molecule has 6 nitrogen and oxygen atoms in total. The van der Waals surface area contributed by atoms with Gasteiger partial charge in [-0.2, -0.15) is 0 Å². The summed E-state index contributed by atoms with van der Waals surface area (Å²) in [6, 6.07) is 17.1. The first-order valence-electron chi connectivity index (χ1n) is 10.1. The Labute approximate surface area is 186 Å².